The smallest absolute Gasteiger partial charge is 0.249 e. The molecule has 0 aliphatic carbocycles. The van der Waals surface area contributed by atoms with Crippen LogP contribution < -0.4 is 11.1 Å². The van der Waals surface area contributed by atoms with Crippen molar-refractivity contribution in [3.63, 3.8) is 0 Å². The van der Waals surface area contributed by atoms with E-state index in [-0.39, 0.29) is 6.54 Å². The lowest BCUT2D eigenvalue weighted by Crippen LogP contribution is -2.59. The van der Waals surface area contributed by atoms with E-state index in [1.54, 1.807) is 19.1 Å². The standard InChI is InChI=1S/C11H13N3O3S/c1-6-10(16)13-8(15)5-14(6)11(17)9(12)7-3-2-4-18-7/h2-4,6,9H,5,12H2,1H3,(H,13,15,16). The van der Waals surface area contributed by atoms with Crippen LogP contribution in [0.1, 0.15) is 17.8 Å². The van der Waals surface area contributed by atoms with Gasteiger partial charge in [0.2, 0.25) is 17.7 Å². The molecule has 6 nitrogen and oxygen atoms in total. The zero-order chi connectivity index (χ0) is 13.3. The molecule has 0 radical (unpaired) electrons. The Bertz CT molecular complexity index is 486. The van der Waals surface area contributed by atoms with Gasteiger partial charge in [-0.3, -0.25) is 19.7 Å². The Labute approximate surface area is 108 Å². The van der Waals surface area contributed by atoms with E-state index < -0.39 is 29.8 Å². The third-order valence-electron chi connectivity index (χ3n) is 2.82. The van der Waals surface area contributed by atoms with Gasteiger partial charge in [-0.05, 0) is 18.4 Å². The Morgan fingerprint density at radius 2 is 2.33 bits per heavy atom. The molecule has 0 saturated carbocycles. The Morgan fingerprint density at radius 3 is 2.94 bits per heavy atom. The Morgan fingerprint density at radius 1 is 1.61 bits per heavy atom. The average molecular weight is 267 g/mol. The minimum atomic E-state index is -0.828. The zero-order valence-corrected chi connectivity index (χ0v) is 10.6. The van der Waals surface area contributed by atoms with Crippen molar-refractivity contribution < 1.29 is 14.4 Å². The molecule has 3 amide bonds. The molecule has 1 aromatic rings. The maximum atomic E-state index is 12.2. The molecule has 2 unspecified atom stereocenters. The van der Waals surface area contributed by atoms with Crippen LogP contribution >= 0.6 is 11.3 Å². The van der Waals surface area contributed by atoms with Crippen molar-refractivity contribution in [3.8, 4) is 0 Å². The molecule has 1 aromatic heterocycles. The molecule has 1 saturated heterocycles. The number of hydrogen-bond donors (Lipinski definition) is 2. The summed E-state index contributed by atoms with van der Waals surface area (Å²) >= 11 is 1.37. The molecule has 18 heavy (non-hydrogen) atoms. The number of imide groups is 1. The van der Waals surface area contributed by atoms with E-state index in [2.05, 4.69) is 5.32 Å². The largest absolute Gasteiger partial charge is 0.320 e. The van der Waals surface area contributed by atoms with Crippen LogP contribution in [0.25, 0.3) is 0 Å². The molecule has 2 rings (SSSR count). The first kappa shape index (κ1) is 12.7. The van der Waals surface area contributed by atoms with Gasteiger partial charge in [-0.25, -0.2) is 0 Å². The van der Waals surface area contributed by atoms with Gasteiger partial charge in [-0.15, -0.1) is 11.3 Å². The summed E-state index contributed by atoms with van der Waals surface area (Å²) in [4.78, 5) is 36.8. The van der Waals surface area contributed by atoms with Gasteiger partial charge in [0.25, 0.3) is 0 Å². The number of nitrogens with one attached hydrogen (secondary N) is 1. The summed E-state index contributed by atoms with van der Waals surface area (Å²) in [5, 5.41) is 4.00. The molecule has 0 bridgehead atoms. The lowest BCUT2D eigenvalue weighted by atomic mass is 10.1. The van der Waals surface area contributed by atoms with Crippen LogP contribution in [0.2, 0.25) is 0 Å². The molecule has 0 spiro atoms. The first-order chi connectivity index (χ1) is 8.50. The number of nitrogens with zero attached hydrogens (tertiary/aromatic N) is 1. The number of amides is 3. The number of carbonyl (C=O) groups excluding carboxylic acids is 3. The van der Waals surface area contributed by atoms with Crippen LogP contribution in [-0.2, 0) is 14.4 Å². The number of carbonyl (C=O) groups is 3. The van der Waals surface area contributed by atoms with E-state index in [0.717, 1.165) is 0 Å². The molecule has 96 valence electrons. The number of piperazine rings is 1. The summed E-state index contributed by atoms with van der Waals surface area (Å²) in [5.74, 6) is -1.36. The van der Waals surface area contributed by atoms with E-state index in [9.17, 15) is 14.4 Å². The fourth-order valence-electron chi connectivity index (χ4n) is 1.75. The van der Waals surface area contributed by atoms with Crippen molar-refractivity contribution in [1.82, 2.24) is 10.2 Å². The molecule has 0 aromatic carbocycles. The van der Waals surface area contributed by atoms with Crippen LogP contribution in [0, 0.1) is 0 Å². The number of rotatable bonds is 2. The van der Waals surface area contributed by atoms with Crippen LogP contribution in [0.3, 0.4) is 0 Å². The summed E-state index contributed by atoms with van der Waals surface area (Å²) < 4.78 is 0. The van der Waals surface area contributed by atoms with Crippen molar-refractivity contribution >= 4 is 29.1 Å². The average Bonchev–Trinajstić information content (AvgIpc) is 2.85. The second kappa shape index (κ2) is 4.87. The quantitative estimate of drug-likeness (QED) is 0.714. The SMILES string of the molecule is CC1C(=O)NC(=O)CN1C(=O)C(N)c1cccs1. The number of hydrogen-bond acceptors (Lipinski definition) is 5. The maximum absolute atomic E-state index is 12.2. The van der Waals surface area contributed by atoms with Crippen molar-refractivity contribution in [1.29, 1.82) is 0 Å². The van der Waals surface area contributed by atoms with Crippen LogP contribution in [0.15, 0.2) is 17.5 Å². The van der Waals surface area contributed by atoms with Gasteiger partial charge in [-0.2, -0.15) is 0 Å². The lowest BCUT2D eigenvalue weighted by Gasteiger charge is -2.33. The molecular weight excluding hydrogens is 254 g/mol. The molecular formula is C11H13N3O3S. The highest BCUT2D eigenvalue weighted by atomic mass is 32.1. The molecule has 7 heteroatoms. The van der Waals surface area contributed by atoms with Crippen LogP contribution in [0.4, 0.5) is 0 Å². The molecule has 1 aliphatic rings. The van der Waals surface area contributed by atoms with E-state index in [1.165, 1.54) is 16.2 Å². The van der Waals surface area contributed by atoms with Crippen LogP contribution in [-0.4, -0.2) is 35.2 Å². The first-order valence-electron chi connectivity index (χ1n) is 5.44. The predicted molar refractivity (Wildman–Crippen MR) is 65.6 cm³/mol. The minimum Gasteiger partial charge on any atom is -0.320 e. The molecule has 1 fully saturated rings. The van der Waals surface area contributed by atoms with Crippen molar-refractivity contribution in [2.45, 2.75) is 19.0 Å². The van der Waals surface area contributed by atoms with Gasteiger partial charge >= 0.3 is 0 Å². The predicted octanol–water partition coefficient (Wildman–Crippen LogP) is -0.379. The minimum absolute atomic E-state index is 0.134. The second-order valence-corrected chi connectivity index (χ2v) is 5.03. The maximum Gasteiger partial charge on any atom is 0.249 e. The molecule has 2 heterocycles. The summed E-state index contributed by atoms with van der Waals surface area (Å²) in [6.07, 6.45) is 0. The fourth-order valence-corrected chi connectivity index (χ4v) is 2.47. The van der Waals surface area contributed by atoms with E-state index in [1.807, 2.05) is 5.38 Å². The Balaban J connectivity index is 2.17. The van der Waals surface area contributed by atoms with Crippen LogP contribution in [0.5, 0.6) is 0 Å². The highest BCUT2D eigenvalue weighted by molar-refractivity contribution is 7.10. The molecule has 2 atom stereocenters. The second-order valence-electron chi connectivity index (χ2n) is 4.05. The summed E-state index contributed by atoms with van der Waals surface area (Å²) in [7, 11) is 0. The number of thiophene rings is 1. The van der Waals surface area contributed by atoms with Gasteiger partial charge in [0, 0.05) is 4.88 Å². The molecule has 3 N–H and O–H groups in total. The van der Waals surface area contributed by atoms with Crippen molar-refractivity contribution in [3.05, 3.63) is 22.4 Å². The molecule has 1 aliphatic heterocycles. The van der Waals surface area contributed by atoms with Gasteiger partial charge in [0.05, 0.1) is 0 Å². The third-order valence-corrected chi connectivity index (χ3v) is 3.78. The van der Waals surface area contributed by atoms with Gasteiger partial charge in [0.15, 0.2) is 0 Å². The van der Waals surface area contributed by atoms with Gasteiger partial charge in [-0.1, -0.05) is 6.07 Å². The Hall–Kier alpha value is -1.73. The highest BCUT2D eigenvalue weighted by Gasteiger charge is 2.36. The topological polar surface area (TPSA) is 92.5 Å². The van der Waals surface area contributed by atoms with Crippen molar-refractivity contribution in [2.24, 2.45) is 5.73 Å². The van der Waals surface area contributed by atoms with Gasteiger partial charge < -0.3 is 10.6 Å². The normalized spacial score (nSPS) is 21.7. The third kappa shape index (κ3) is 2.27. The summed E-state index contributed by atoms with van der Waals surface area (Å²) in [6, 6.07) is 2.04. The zero-order valence-electron chi connectivity index (χ0n) is 9.75. The van der Waals surface area contributed by atoms with Crippen molar-refractivity contribution in [2.75, 3.05) is 6.54 Å². The van der Waals surface area contributed by atoms with E-state index in [4.69, 9.17) is 5.73 Å². The fraction of sp³-hybridized carbons (Fsp3) is 0.364. The number of nitrogens with two attached hydrogens (primary N) is 1. The highest BCUT2D eigenvalue weighted by Crippen LogP contribution is 2.20. The summed E-state index contributed by atoms with van der Waals surface area (Å²) in [6.45, 7) is 1.44. The van der Waals surface area contributed by atoms with Gasteiger partial charge in [0.1, 0.15) is 18.6 Å². The van der Waals surface area contributed by atoms with E-state index >= 15 is 0 Å². The summed E-state index contributed by atoms with van der Waals surface area (Å²) in [5.41, 5.74) is 5.84. The lowest BCUT2D eigenvalue weighted by molar-refractivity contribution is -0.150. The monoisotopic (exact) mass is 267 g/mol. The Kier molecular flexibility index (Phi) is 3.44. The first-order valence-corrected chi connectivity index (χ1v) is 6.32. The van der Waals surface area contributed by atoms with E-state index in [0.29, 0.717) is 4.88 Å².